The SMILES string of the molecule is C/C(C(=N)N)=C(/N)N(C(C)C)[C@H]1CCCO1. The molecule has 0 saturated carbocycles. The molecule has 0 unspecified atom stereocenters. The Bertz CT molecular complexity index is 292. The molecule has 1 atom stereocenters. The van der Waals surface area contributed by atoms with Crippen molar-refractivity contribution >= 4 is 5.84 Å². The summed E-state index contributed by atoms with van der Waals surface area (Å²) in [4.78, 5) is 2.00. The fraction of sp³-hybridized carbons (Fsp3) is 0.727. The van der Waals surface area contributed by atoms with Crippen LogP contribution < -0.4 is 11.5 Å². The molecule has 0 spiro atoms. The number of nitrogens with one attached hydrogen (secondary N) is 1. The third-order valence-corrected chi connectivity index (χ3v) is 2.84. The van der Waals surface area contributed by atoms with Crippen LogP contribution in [0.1, 0.15) is 33.6 Å². The van der Waals surface area contributed by atoms with Gasteiger partial charge in [0.25, 0.3) is 0 Å². The van der Waals surface area contributed by atoms with Crippen molar-refractivity contribution in [1.29, 1.82) is 5.41 Å². The number of ether oxygens (including phenoxy) is 1. The van der Waals surface area contributed by atoms with E-state index in [0.717, 1.165) is 19.4 Å². The van der Waals surface area contributed by atoms with E-state index in [2.05, 4.69) is 13.8 Å². The lowest BCUT2D eigenvalue weighted by Gasteiger charge is -2.34. The molecule has 0 radical (unpaired) electrons. The van der Waals surface area contributed by atoms with Gasteiger partial charge >= 0.3 is 0 Å². The first-order valence-corrected chi connectivity index (χ1v) is 5.65. The minimum Gasteiger partial charge on any atom is -0.385 e. The number of nitrogens with two attached hydrogens (primary N) is 2. The quantitative estimate of drug-likeness (QED) is 0.492. The molecule has 0 aromatic heterocycles. The van der Waals surface area contributed by atoms with Crippen molar-refractivity contribution in [3.63, 3.8) is 0 Å². The fourth-order valence-corrected chi connectivity index (χ4v) is 1.88. The smallest absolute Gasteiger partial charge is 0.131 e. The van der Waals surface area contributed by atoms with Gasteiger partial charge in [-0.05, 0) is 33.6 Å². The first kappa shape index (κ1) is 12.8. The highest BCUT2D eigenvalue weighted by Crippen LogP contribution is 2.22. The Morgan fingerprint density at radius 3 is 2.44 bits per heavy atom. The summed E-state index contributed by atoms with van der Waals surface area (Å²) in [5.74, 6) is 0.565. The number of nitrogens with zero attached hydrogens (tertiary/aromatic N) is 1. The molecule has 1 heterocycles. The predicted molar refractivity (Wildman–Crippen MR) is 64.8 cm³/mol. The van der Waals surface area contributed by atoms with Crippen molar-refractivity contribution in [2.24, 2.45) is 11.5 Å². The van der Waals surface area contributed by atoms with Crippen LogP contribution in [0.15, 0.2) is 11.4 Å². The second kappa shape index (κ2) is 5.21. The summed E-state index contributed by atoms with van der Waals surface area (Å²) >= 11 is 0. The van der Waals surface area contributed by atoms with Crippen molar-refractivity contribution in [2.75, 3.05) is 6.61 Å². The Kier molecular flexibility index (Phi) is 4.18. The van der Waals surface area contributed by atoms with E-state index in [1.165, 1.54) is 0 Å². The van der Waals surface area contributed by atoms with Crippen LogP contribution in [0.2, 0.25) is 0 Å². The summed E-state index contributed by atoms with van der Waals surface area (Å²) in [6, 6.07) is 0.234. The minimum atomic E-state index is 0.0150. The summed E-state index contributed by atoms with van der Waals surface area (Å²) in [6.07, 6.45) is 2.05. The van der Waals surface area contributed by atoms with Crippen molar-refractivity contribution in [3.05, 3.63) is 11.4 Å². The highest BCUT2D eigenvalue weighted by molar-refractivity contribution is 5.94. The molecule has 5 N–H and O–H groups in total. The topological polar surface area (TPSA) is 88.4 Å². The first-order valence-electron chi connectivity index (χ1n) is 5.65. The Morgan fingerprint density at radius 2 is 2.06 bits per heavy atom. The van der Waals surface area contributed by atoms with Crippen LogP contribution in [0, 0.1) is 5.41 Å². The molecule has 1 aliphatic rings. The zero-order chi connectivity index (χ0) is 12.3. The van der Waals surface area contributed by atoms with E-state index < -0.39 is 0 Å². The van der Waals surface area contributed by atoms with Crippen LogP contribution in [0.3, 0.4) is 0 Å². The highest BCUT2D eigenvalue weighted by Gasteiger charge is 2.27. The molecule has 1 aliphatic heterocycles. The maximum atomic E-state index is 7.41. The van der Waals surface area contributed by atoms with Crippen LogP contribution >= 0.6 is 0 Å². The Balaban J connectivity index is 2.93. The third-order valence-electron chi connectivity index (χ3n) is 2.84. The van der Waals surface area contributed by atoms with Crippen LogP contribution in [0.25, 0.3) is 0 Å². The Hall–Kier alpha value is -1.23. The standard InChI is InChI=1S/C11H22N4O/c1-7(2)15(9-5-4-6-16-9)11(14)8(3)10(12)13/h7,9H,4-6,14H2,1-3H3,(H3,12,13)/b11-8+/t9-/m1/s1. The van der Waals surface area contributed by atoms with Gasteiger partial charge in [-0.1, -0.05) is 0 Å². The van der Waals surface area contributed by atoms with Gasteiger partial charge in [0, 0.05) is 18.2 Å². The van der Waals surface area contributed by atoms with Gasteiger partial charge in [0.1, 0.15) is 17.9 Å². The monoisotopic (exact) mass is 226 g/mol. The van der Waals surface area contributed by atoms with E-state index in [-0.39, 0.29) is 18.1 Å². The Labute approximate surface area is 96.9 Å². The average molecular weight is 226 g/mol. The number of rotatable bonds is 4. The number of hydrogen-bond acceptors (Lipinski definition) is 4. The van der Waals surface area contributed by atoms with Gasteiger partial charge < -0.3 is 21.1 Å². The Morgan fingerprint density at radius 1 is 1.44 bits per heavy atom. The van der Waals surface area contributed by atoms with E-state index in [1.807, 2.05) is 4.90 Å². The van der Waals surface area contributed by atoms with Crippen molar-refractivity contribution in [3.8, 4) is 0 Å². The maximum absolute atomic E-state index is 7.41. The molecule has 0 bridgehead atoms. The van der Waals surface area contributed by atoms with E-state index >= 15 is 0 Å². The first-order chi connectivity index (χ1) is 7.45. The molecule has 1 rings (SSSR count). The molecular formula is C11H22N4O. The van der Waals surface area contributed by atoms with Gasteiger partial charge in [0.2, 0.25) is 0 Å². The second-order valence-corrected chi connectivity index (χ2v) is 4.39. The summed E-state index contributed by atoms with van der Waals surface area (Å²) in [5, 5.41) is 7.41. The summed E-state index contributed by atoms with van der Waals surface area (Å²) < 4.78 is 5.63. The lowest BCUT2D eigenvalue weighted by atomic mass is 10.2. The third kappa shape index (κ3) is 2.66. The zero-order valence-electron chi connectivity index (χ0n) is 10.3. The highest BCUT2D eigenvalue weighted by atomic mass is 16.5. The molecule has 16 heavy (non-hydrogen) atoms. The number of amidine groups is 1. The largest absolute Gasteiger partial charge is 0.385 e. The van der Waals surface area contributed by atoms with Gasteiger partial charge in [0.05, 0.1) is 0 Å². The molecule has 5 heteroatoms. The van der Waals surface area contributed by atoms with Gasteiger partial charge in [0.15, 0.2) is 0 Å². The van der Waals surface area contributed by atoms with Crippen LogP contribution in [-0.2, 0) is 4.74 Å². The van der Waals surface area contributed by atoms with Crippen LogP contribution in [0.5, 0.6) is 0 Å². The second-order valence-electron chi connectivity index (χ2n) is 4.39. The van der Waals surface area contributed by atoms with E-state index in [9.17, 15) is 0 Å². The van der Waals surface area contributed by atoms with Crippen molar-refractivity contribution in [1.82, 2.24) is 4.90 Å². The van der Waals surface area contributed by atoms with Gasteiger partial charge in [-0.2, -0.15) is 0 Å². The summed E-state index contributed by atoms with van der Waals surface area (Å²) in [5.41, 5.74) is 12.1. The molecule has 0 aromatic carbocycles. The van der Waals surface area contributed by atoms with Crippen molar-refractivity contribution in [2.45, 2.75) is 45.9 Å². The van der Waals surface area contributed by atoms with E-state index in [0.29, 0.717) is 11.4 Å². The lowest BCUT2D eigenvalue weighted by Crippen LogP contribution is -2.43. The van der Waals surface area contributed by atoms with Gasteiger partial charge in [-0.15, -0.1) is 0 Å². The molecule has 0 aromatic rings. The normalized spacial score (nSPS) is 22.1. The molecule has 1 fully saturated rings. The molecule has 0 aliphatic carbocycles. The van der Waals surface area contributed by atoms with Crippen LogP contribution in [0.4, 0.5) is 0 Å². The molecule has 92 valence electrons. The van der Waals surface area contributed by atoms with Gasteiger partial charge in [-0.25, -0.2) is 0 Å². The lowest BCUT2D eigenvalue weighted by molar-refractivity contribution is -0.0162. The minimum absolute atomic E-state index is 0.0150. The summed E-state index contributed by atoms with van der Waals surface area (Å²) in [6.45, 7) is 6.66. The van der Waals surface area contributed by atoms with E-state index in [4.69, 9.17) is 21.6 Å². The fourth-order valence-electron chi connectivity index (χ4n) is 1.88. The molecule has 0 amide bonds. The maximum Gasteiger partial charge on any atom is 0.131 e. The molecular weight excluding hydrogens is 204 g/mol. The summed E-state index contributed by atoms with van der Waals surface area (Å²) in [7, 11) is 0. The predicted octanol–water partition coefficient (Wildman–Crippen LogP) is 0.959. The van der Waals surface area contributed by atoms with Gasteiger partial charge in [-0.3, -0.25) is 5.41 Å². The van der Waals surface area contributed by atoms with Crippen LogP contribution in [-0.4, -0.2) is 29.6 Å². The molecule has 5 nitrogen and oxygen atoms in total. The molecule has 1 saturated heterocycles. The van der Waals surface area contributed by atoms with Crippen molar-refractivity contribution < 1.29 is 4.74 Å². The average Bonchev–Trinajstić information content (AvgIpc) is 2.69. The van der Waals surface area contributed by atoms with E-state index in [1.54, 1.807) is 6.92 Å². The zero-order valence-corrected chi connectivity index (χ0v) is 10.3. The number of hydrogen-bond donors (Lipinski definition) is 3.